The molecule has 0 fully saturated rings. The zero-order valence-electron chi connectivity index (χ0n) is 7.52. The summed E-state index contributed by atoms with van der Waals surface area (Å²) in [6, 6.07) is 6.53. The second kappa shape index (κ2) is 2.67. The molecule has 0 saturated heterocycles. The van der Waals surface area contributed by atoms with E-state index >= 15 is 0 Å². The summed E-state index contributed by atoms with van der Waals surface area (Å²) in [6.45, 7) is 5.25. The van der Waals surface area contributed by atoms with Crippen LogP contribution in [0.3, 0.4) is 0 Å². The van der Waals surface area contributed by atoms with Gasteiger partial charge in [0.05, 0.1) is 0 Å². The zero-order chi connectivity index (χ0) is 8.55. The Kier molecular flexibility index (Phi) is 1.65. The SMILES string of the molecule is CC1=CCNc2ccc(C)cc21. The van der Waals surface area contributed by atoms with Crippen LogP contribution in [0, 0.1) is 6.92 Å². The molecule has 1 heterocycles. The van der Waals surface area contributed by atoms with Gasteiger partial charge in [-0.2, -0.15) is 0 Å². The van der Waals surface area contributed by atoms with Crippen molar-refractivity contribution >= 4 is 11.3 Å². The first-order chi connectivity index (χ1) is 5.77. The fourth-order valence-electron chi connectivity index (χ4n) is 1.56. The molecule has 0 atom stereocenters. The second-order valence-electron chi connectivity index (χ2n) is 3.32. The lowest BCUT2D eigenvalue weighted by molar-refractivity contribution is 1.27. The van der Waals surface area contributed by atoms with Gasteiger partial charge in [-0.3, -0.25) is 0 Å². The monoisotopic (exact) mass is 159 g/mol. The van der Waals surface area contributed by atoms with Crippen LogP contribution in [0.15, 0.2) is 24.3 Å². The number of aryl methyl sites for hydroxylation is 1. The van der Waals surface area contributed by atoms with Crippen LogP contribution < -0.4 is 5.32 Å². The molecule has 1 N–H and O–H groups in total. The Morgan fingerprint density at radius 1 is 1.25 bits per heavy atom. The third-order valence-electron chi connectivity index (χ3n) is 2.30. The Bertz CT molecular complexity index is 337. The van der Waals surface area contributed by atoms with Crippen molar-refractivity contribution in [2.75, 3.05) is 11.9 Å². The number of benzene rings is 1. The van der Waals surface area contributed by atoms with Gasteiger partial charge in [0.1, 0.15) is 0 Å². The summed E-state index contributed by atoms with van der Waals surface area (Å²) in [5.41, 5.74) is 5.32. The summed E-state index contributed by atoms with van der Waals surface area (Å²) >= 11 is 0. The largest absolute Gasteiger partial charge is 0.381 e. The van der Waals surface area contributed by atoms with Crippen molar-refractivity contribution in [2.45, 2.75) is 13.8 Å². The Hall–Kier alpha value is -1.24. The van der Waals surface area contributed by atoms with Crippen molar-refractivity contribution in [1.29, 1.82) is 0 Å². The zero-order valence-corrected chi connectivity index (χ0v) is 7.52. The normalized spacial score (nSPS) is 14.7. The van der Waals surface area contributed by atoms with Crippen LogP contribution in [-0.4, -0.2) is 6.54 Å². The van der Waals surface area contributed by atoms with Crippen molar-refractivity contribution < 1.29 is 0 Å². The molecule has 1 aliphatic heterocycles. The summed E-state index contributed by atoms with van der Waals surface area (Å²) in [5, 5.41) is 3.34. The first kappa shape index (κ1) is 7.41. The summed E-state index contributed by atoms with van der Waals surface area (Å²) < 4.78 is 0. The van der Waals surface area contributed by atoms with E-state index in [0.717, 1.165) is 6.54 Å². The highest BCUT2D eigenvalue weighted by Crippen LogP contribution is 2.27. The van der Waals surface area contributed by atoms with Crippen LogP contribution in [-0.2, 0) is 0 Å². The molecule has 0 amide bonds. The number of hydrogen-bond donors (Lipinski definition) is 1. The van der Waals surface area contributed by atoms with Crippen LogP contribution in [0.1, 0.15) is 18.1 Å². The van der Waals surface area contributed by atoms with Gasteiger partial charge < -0.3 is 5.32 Å². The molecule has 0 unspecified atom stereocenters. The van der Waals surface area contributed by atoms with Crippen LogP contribution >= 0.6 is 0 Å². The lowest BCUT2D eigenvalue weighted by Gasteiger charge is -2.17. The van der Waals surface area contributed by atoms with Crippen molar-refractivity contribution in [3.8, 4) is 0 Å². The Morgan fingerprint density at radius 2 is 2.08 bits per heavy atom. The molecule has 1 aliphatic rings. The van der Waals surface area contributed by atoms with Crippen molar-refractivity contribution in [2.24, 2.45) is 0 Å². The first-order valence-electron chi connectivity index (χ1n) is 4.29. The van der Waals surface area contributed by atoms with Gasteiger partial charge in [0.25, 0.3) is 0 Å². The fourth-order valence-corrected chi connectivity index (χ4v) is 1.56. The molecule has 62 valence electrons. The van der Waals surface area contributed by atoms with Crippen molar-refractivity contribution in [3.63, 3.8) is 0 Å². The van der Waals surface area contributed by atoms with E-state index in [4.69, 9.17) is 0 Å². The average molecular weight is 159 g/mol. The van der Waals surface area contributed by atoms with Crippen LogP contribution in [0.5, 0.6) is 0 Å². The molecule has 12 heavy (non-hydrogen) atoms. The molecule has 0 bridgehead atoms. The summed E-state index contributed by atoms with van der Waals surface area (Å²) in [6.07, 6.45) is 2.22. The molecule has 0 saturated carbocycles. The van der Waals surface area contributed by atoms with Crippen LogP contribution in [0.25, 0.3) is 5.57 Å². The smallest absolute Gasteiger partial charge is 0.0419 e. The van der Waals surface area contributed by atoms with Crippen molar-refractivity contribution in [1.82, 2.24) is 0 Å². The van der Waals surface area contributed by atoms with E-state index < -0.39 is 0 Å². The molecule has 1 heteroatoms. The van der Waals surface area contributed by atoms with Gasteiger partial charge in [0.15, 0.2) is 0 Å². The number of anilines is 1. The number of hydrogen-bond acceptors (Lipinski definition) is 1. The third kappa shape index (κ3) is 1.11. The van der Waals surface area contributed by atoms with E-state index in [1.165, 1.54) is 22.4 Å². The molecular formula is C11H13N. The first-order valence-corrected chi connectivity index (χ1v) is 4.29. The van der Waals surface area contributed by atoms with E-state index in [-0.39, 0.29) is 0 Å². The lowest BCUT2D eigenvalue weighted by atomic mass is 10.00. The number of fused-ring (bicyclic) bond motifs is 1. The fraction of sp³-hybridized carbons (Fsp3) is 0.273. The predicted octanol–water partition coefficient (Wildman–Crippen LogP) is 2.82. The van der Waals surface area contributed by atoms with E-state index in [0.29, 0.717) is 0 Å². The molecular weight excluding hydrogens is 146 g/mol. The summed E-state index contributed by atoms with van der Waals surface area (Å²) in [4.78, 5) is 0. The third-order valence-corrected chi connectivity index (χ3v) is 2.30. The molecule has 0 aliphatic carbocycles. The second-order valence-corrected chi connectivity index (χ2v) is 3.32. The van der Waals surface area contributed by atoms with Gasteiger partial charge in [0.2, 0.25) is 0 Å². The van der Waals surface area contributed by atoms with Crippen molar-refractivity contribution in [3.05, 3.63) is 35.4 Å². The van der Waals surface area contributed by atoms with Gasteiger partial charge in [0, 0.05) is 17.8 Å². The number of rotatable bonds is 0. The highest BCUT2D eigenvalue weighted by atomic mass is 14.9. The minimum atomic E-state index is 0.960. The quantitative estimate of drug-likeness (QED) is 0.613. The molecule has 1 aromatic rings. The topological polar surface area (TPSA) is 12.0 Å². The van der Waals surface area contributed by atoms with Gasteiger partial charge >= 0.3 is 0 Å². The highest BCUT2D eigenvalue weighted by molar-refractivity contribution is 5.78. The van der Waals surface area contributed by atoms with E-state index in [9.17, 15) is 0 Å². The van der Waals surface area contributed by atoms with Gasteiger partial charge in [-0.15, -0.1) is 0 Å². The van der Waals surface area contributed by atoms with Crippen LogP contribution in [0.4, 0.5) is 5.69 Å². The van der Waals surface area contributed by atoms with Gasteiger partial charge in [-0.25, -0.2) is 0 Å². The predicted molar refractivity (Wildman–Crippen MR) is 53.3 cm³/mol. The standard InChI is InChI=1S/C11H13N/c1-8-3-4-11-10(7-8)9(2)5-6-12-11/h3-5,7,12H,6H2,1-2H3. The van der Waals surface area contributed by atoms with E-state index in [1.54, 1.807) is 0 Å². The number of allylic oxidation sites excluding steroid dienone is 1. The summed E-state index contributed by atoms with van der Waals surface area (Å²) in [7, 11) is 0. The maximum atomic E-state index is 3.34. The summed E-state index contributed by atoms with van der Waals surface area (Å²) in [5.74, 6) is 0. The molecule has 2 rings (SSSR count). The maximum absolute atomic E-state index is 3.34. The van der Waals surface area contributed by atoms with E-state index in [1.807, 2.05) is 0 Å². The minimum absolute atomic E-state index is 0.960. The van der Waals surface area contributed by atoms with Gasteiger partial charge in [-0.1, -0.05) is 17.7 Å². The molecule has 0 radical (unpaired) electrons. The Morgan fingerprint density at radius 3 is 2.92 bits per heavy atom. The molecule has 0 spiro atoms. The Labute approximate surface area is 73.1 Å². The molecule has 1 nitrogen and oxygen atoms in total. The molecule has 0 aromatic heterocycles. The number of nitrogens with one attached hydrogen (secondary N) is 1. The minimum Gasteiger partial charge on any atom is -0.381 e. The highest BCUT2D eigenvalue weighted by Gasteiger charge is 2.07. The van der Waals surface area contributed by atoms with E-state index in [2.05, 4.69) is 43.4 Å². The Balaban J connectivity index is 2.58. The lowest BCUT2D eigenvalue weighted by Crippen LogP contribution is -2.06. The maximum Gasteiger partial charge on any atom is 0.0419 e. The van der Waals surface area contributed by atoms with Gasteiger partial charge in [-0.05, 0) is 31.6 Å². The van der Waals surface area contributed by atoms with Crippen LogP contribution in [0.2, 0.25) is 0 Å². The molecule has 1 aromatic carbocycles. The average Bonchev–Trinajstić information content (AvgIpc) is 2.07.